The Morgan fingerprint density at radius 1 is 1.07 bits per heavy atom. The Morgan fingerprint density at radius 2 is 1.80 bits per heavy atom. The molecule has 0 spiro atoms. The maximum Gasteiger partial charge on any atom is 0.240 e. The van der Waals surface area contributed by atoms with Gasteiger partial charge in [0, 0.05) is 31.5 Å². The third-order valence-corrected chi connectivity index (χ3v) is 7.77. The number of carbonyl (C=O) groups excluding carboxylic acids is 3. The molecule has 1 aromatic rings. The van der Waals surface area contributed by atoms with E-state index in [0.717, 1.165) is 57.2 Å². The van der Waals surface area contributed by atoms with Crippen LogP contribution in [0.3, 0.4) is 0 Å². The van der Waals surface area contributed by atoms with Crippen LogP contribution in [0.25, 0.3) is 0 Å². The molecule has 2 fully saturated rings. The number of unbranched alkanes of at least 4 members (excludes halogenated alkanes) is 3. The number of hydrogen-bond acceptors (Lipinski definition) is 7. The average molecular weight is 562 g/mol. The molecule has 4 unspecified atom stereocenters. The van der Waals surface area contributed by atoms with E-state index in [0.29, 0.717) is 44.9 Å². The Hall–Kier alpha value is -2.53. The second kappa shape index (κ2) is 18.7. The molecule has 1 heterocycles. The molecule has 0 aromatic heterocycles. The molecule has 10 nitrogen and oxygen atoms in total. The Morgan fingerprint density at radius 3 is 2.42 bits per heavy atom. The van der Waals surface area contributed by atoms with E-state index in [-0.39, 0.29) is 23.8 Å². The minimum atomic E-state index is -0.540. The van der Waals surface area contributed by atoms with E-state index in [4.69, 9.17) is 10.6 Å². The van der Waals surface area contributed by atoms with Crippen LogP contribution in [0.4, 0.5) is 0 Å². The fraction of sp³-hybridized carbons (Fsp3) is 0.700. The number of nitrogens with two attached hydrogens (primary N) is 1. The highest BCUT2D eigenvalue weighted by Gasteiger charge is 2.53. The van der Waals surface area contributed by atoms with Crippen molar-refractivity contribution in [3.8, 4) is 0 Å². The molecule has 0 bridgehead atoms. The minimum absolute atomic E-state index is 0.0257. The van der Waals surface area contributed by atoms with Crippen molar-refractivity contribution in [3.63, 3.8) is 0 Å². The van der Waals surface area contributed by atoms with Crippen molar-refractivity contribution < 1.29 is 24.3 Å². The van der Waals surface area contributed by atoms with E-state index in [1.807, 2.05) is 35.4 Å². The number of rotatable bonds is 16. The van der Waals surface area contributed by atoms with Crippen molar-refractivity contribution in [2.24, 2.45) is 11.7 Å². The van der Waals surface area contributed by atoms with Crippen molar-refractivity contribution in [2.75, 3.05) is 26.2 Å². The Labute approximate surface area is 239 Å². The van der Waals surface area contributed by atoms with Gasteiger partial charge in [0.15, 0.2) is 0 Å². The summed E-state index contributed by atoms with van der Waals surface area (Å²) >= 11 is 0. The van der Waals surface area contributed by atoms with Crippen LogP contribution >= 0.6 is 0 Å². The molecule has 1 saturated carbocycles. The van der Waals surface area contributed by atoms with Crippen LogP contribution < -0.4 is 16.4 Å². The Bertz CT molecular complexity index is 869. The summed E-state index contributed by atoms with van der Waals surface area (Å²) in [6, 6.07) is 9.92. The topological polar surface area (TPSA) is 137 Å². The van der Waals surface area contributed by atoms with Gasteiger partial charge in [0.2, 0.25) is 18.2 Å². The molecular formula is C30H51N5O5. The van der Waals surface area contributed by atoms with Gasteiger partial charge in [-0.3, -0.25) is 19.2 Å². The highest BCUT2D eigenvalue weighted by molar-refractivity contribution is 5.82. The van der Waals surface area contributed by atoms with E-state index in [9.17, 15) is 19.5 Å². The molecule has 5 atom stereocenters. The lowest BCUT2D eigenvalue weighted by Gasteiger charge is -2.40. The summed E-state index contributed by atoms with van der Waals surface area (Å²) < 4.78 is 0. The summed E-state index contributed by atoms with van der Waals surface area (Å²) in [5.74, 6) is -0.470. The molecule has 0 radical (unpaired) electrons. The first-order chi connectivity index (χ1) is 19.4. The van der Waals surface area contributed by atoms with E-state index in [2.05, 4.69) is 36.3 Å². The van der Waals surface area contributed by atoms with Crippen molar-refractivity contribution in [1.82, 2.24) is 20.6 Å². The highest BCUT2D eigenvalue weighted by Crippen LogP contribution is 2.40. The van der Waals surface area contributed by atoms with Gasteiger partial charge >= 0.3 is 0 Å². The standard InChI is InChI=1S/C23H37N3O3.C7H14N2O2/c1-4-7-13-24-23(28)22-21-19(27)14-18(25(5-2)6-3)15-20(21)29-26(22)16-17-11-9-8-10-12-17;8-7(11)4-2-1-3-5-9-6-10/h8-12,18-22,27H,4-7,13-16H2,1-3H3,(H,24,28);6H,1-5H2,(H2,8,11)(H,9,10)/t18?,19?,20?,21?,22-;/m0./s1. The van der Waals surface area contributed by atoms with Gasteiger partial charge in [0.1, 0.15) is 6.04 Å². The van der Waals surface area contributed by atoms with E-state index in [1.165, 1.54) is 0 Å². The van der Waals surface area contributed by atoms with Crippen molar-refractivity contribution in [2.45, 2.75) is 103 Å². The second-order valence-electron chi connectivity index (χ2n) is 10.6. The summed E-state index contributed by atoms with van der Waals surface area (Å²) in [6.45, 7) is 10.2. The quantitative estimate of drug-likeness (QED) is 0.180. The molecule has 5 N–H and O–H groups in total. The van der Waals surface area contributed by atoms with Crippen LogP contribution in [0.5, 0.6) is 0 Å². The number of nitrogens with zero attached hydrogens (tertiary/aromatic N) is 2. The molecule has 3 rings (SSSR count). The predicted octanol–water partition coefficient (Wildman–Crippen LogP) is 2.35. The van der Waals surface area contributed by atoms with Crippen LogP contribution in [-0.4, -0.2) is 83.8 Å². The molecule has 1 saturated heterocycles. The zero-order valence-electron chi connectivity index (χ0n) is 24.6. The molecule has 1 aliphatic heterocycles. The third-order valence-electron chi connectivity index (χ3n) is 7.77. The summed E-state index contributed by atoms with van der Waals surface area (Å²) in [6.07, 6.45) is 6.66. The second-order valence-corrected chi connectivity index (χ2v) is 10.6. The SMILES string of the molecule is CCCCNC(=O)[C@@H]1C2C(O)CC(N(CC)CC)CC2ON1Cc1ccccc1.NC(=O)CCCCCNC=O. The molecule has 10 heteroatoms. The van der Waals surface area contributed by atoms with Crippen LogP contribution in [0.15, 0.2) is 30.3 Å². The molecule has 40 heavy (non-hydrogen) atoms. The number of benzene rings is 1. The number of fused-ring (bicyclic) bond motifs is 1. The molecule has 3 amide bonds. The molecule has 1 aromatic carbocycles. The predicted molar refractivity (Wildman–Crippen MR) is 156 cm³/mol. The highest BCUT2D eigenvalue weighted by atomic mass is 16.7. The van der Waals surface area contributed by atoms with Gasteiger partial charge in [0.25, 0.3) is 0 Å². The lowest BCUT2D eigenvalue weighted by molar-refractivity contribution is -0.181. The largest absolute Gasteiger partial charge is 0.393 e. The maximum atomic E-state index is 13.1. The van der Waals surface area contributed by atoms with Crippen molar-refractivity contribution in [3.05, 3.63) is 35.9 Å². The van der Waals surface area contributed by atoms with Crippen molar-refractivity contribution >= 4 is 18.2 Å². The monoisotopic (exact) mass is 561 g/mol. The van der Waals surface area contributed by atoms with Gasteiger partial charge in [-0.05, 0) is 50.8 Å². The van der Waals surface area contributed by atoms with E-state index >= 15 is 0 Å². The zero-order valence-corrected chi connectivity index (χ0v) is 24.6. The van der Waals surface area contributed by atoms with Gasteiger partial charge in [-0.15, -0.1) is 0 Å². The third kappa shape index (κ3) is 10.8. The maximum absolute atomic E-state index is 13.1. The van der Waals surface area contributed by atoms with Gasteiger partial charge in [-0.25, -0.2) is 0 Å². The molecule has 226 valence electrons. The Balaban J connectivity index is 0.000000432. The number of hydrogen-bond donors (Lipinski definition) is 4. The normalized spacial score (nSPS) is 24.1. The number of amides is 3. The lowest BCUT2D eigenvalue weighted by Crippen LogP contribution is -2.53. The summed E-state index contributed by atoms with van der Waals surface area (Å²) in [5.41, 5.74) is 6.03. The van der Waals surface area contributed by atoms with Crippen LogP contribution in [0.1, 0.15) is 77.7 Å². The first kappa shape index (κ1) is 33.7. The van der Waals surface area contributed by atoms with E-state index < -0.39 is 12.1 Å². The molecule has 1 aliphatic carbocycles. The minimum Gasteiger partial charge on any atom is -0.393 e. The number of aliphatic hydroxyl groups excluding tert-OH is 1. The van der Waals surface area contributed by atoms with E-state index in [1.54, 1.807) is 0 Å². The first-order valence-electron chi connectivity index (χ1n) is 15.0. The number of carbonyl (C=O) groups is 3. The van der Waals surface area contributed by atoms with Crippen LogP contribution in [0, 0.1) is 5.92 Å². The summed E-state index contributed by atoms with van der Waals surface area (Å²) in [7, 11) is 0. The van der Waals surface area contributed by atoms with Gasteiger partial charge in [-0.1, -0.05) is 63.9 Å². The summed E-state index contributed by atoms with van der Waals surface area (Å²) in [5, 5.41) is 18.5. The average Bonchev–Trinajstić information content (AvgIpc) is 3.30. The first-order valence-corrected chi connectivity index (χ1v) is 15.0. The zero-order chi connectivity index (χ0) is 29.3. The number of primary amides is 1. The van der Waals surface area contributed by atoms with Crippen molar-refractivity contribution in [1.29, 1.82) is 0 Å². The van der Waals surface area contributed by atoms with Gasteiger partial charge in [-0.2, -0.15) is 5.06 Å². The number of hydroxylamine groups is 2. The smallest absolute Gasteiger partial charge is 0.240 e. The van der Waals surface area contributed by atoms with Gasteiger partial charge in [0.05, 0.1) is 18.8 Å². The fourth-order valence-electron chi connectivity index (χ4n) is 5.66. The lowest BCUT2D eigenvalue weighted by atomic mass is 9.77. The molecule has 2 aliphatic rings. The van der Waals surface area contributed by atoms with Gasteiger partial charge < -0.3 is 26.4 Å². The number of nitrogens with one attached hydrogen (secondary N) is 2. The van der Waals surface area contributed by atoms with Crippen LogP contribution in [0.2, 0.25) is 0 Å². The number of aliphatic hydroxyl groups is 1. The fourth-order valence-corrected chi connectivity index (χ4v) is 5.66. The summed E-state index contributed by atoms with van der Waals surface area (Å²) in [4.78, 5) is 41.8. The Kier molecular flexibility index (Phi) is 15.8. The molecular weight excluding hydrogens is 510 g/mol. The van der Waals surface area contributed by atoms with Crippen LogP contribution in [-0.2, 0) is 25.8 Å².